The number of aryl methyl sites for hydroxylation is 1. The molecular formula is C28H30N4O4S2. The molecule has 0 unspecified atom stereocenters. The van der Waals surface area contributed by atoms with Crippen LogP contribution in [0.2, 0.25) is 0 Å². The number of carbonyl (C=O) groups is 2. The molecule has 0 bridgehead atoms. The second-order valence-electron chi connectivity index (χ2n) is 9.48. The second-order valence-corrected chi connectivity index (χ2v) is 11.2. The molecule has 0 aliphatic carbocycles. The normalized spacial score (nSPS) is 17.3. The summed E-state index contributed by atoms with van der Waals surface area (Å²) in [5.41, 5.74) is 2.91. The van der Waals surface area contributed by atoms with Crippen molar-refractivity contribution < 1.29 is 14.3 Å². The number of nitrogens with zero attached hydrogens (tertiary/aromatic N) is 4. The first-order valence-electron chi connectivity index (χ1n) is 12.5. The van der Waals surface area contributed by atoms with E-state index in [1.54, 1.807) is 31.9 Å². The molecule has 198 valence electrons. The van der Waals surface area contributed by atoms with E-state index < -0.39 is 5.56 Å². The fourth-order valence-electron chi connectivity index (χ4n) is 4.82. The van der Waals surface area contributed by atoms with Gasteiger partial charge in [0.05, 0.1) is 24.0 Å². The van der Waals surface area contributed by atoms with Crippen LogP contribution in [0.15, 0.2) is 34.0 Å². The van der Waals surface area contributed by atoms with E-state index in [0.29, 0.717) is 65.3 Å². The summed E-state index contributed by atoms with van der Waals surface area (Å²) in [6.45, 7) is 7.31. The molecule has 0 N–H and O–H groups in total. The topological polar surface area (TPSA) is 95.6 Å². The molecular weight excluding hydrogens is 520 g/mol. The zero-order chi connectivity index (χ0) is 27.6. The Hall–Kier alpha value is -3.42. The zero-order valence-corrected chi connectivity index (χ0v) is 23.6. The molecule has 2 saturated heterocycles. The Bertz CT molecular complexity index is 1410. The van der Waals surface area contributed by atoms with Crippen LogP contribution < -0.4 is 10.5 Å². The largest absolute Gasteiger partial charge is 0.466 e. The van der Waals surface area contributed by atoms with Gasteiger partial charge >= 0.3 is 5.97 Å². The Kier molecular flexibility index (Phi) is 8.38. The quantitative estimate of drug-likeness (QED) is 0.302. The molecule has 10 heteroatoms. The molecule has 0 saturated carbocycles. The maximum atomic E-state index is 13.4. The number of hydrogen-bond donors (Lipinski definition) is 0. The summed E-state index contributed by atoms with van der Waals surface area (Å²) in [6, 6.07) is 9.98. The van der Waals surface area contributed by atoms with Gasteiger partial charge in [0.15, 0.2) is 0 Å². The lowest BCUT2D eigenvalue weighted by Crippen LogP contribution is -2.40. The number of anilines is 1. The minimum absolute atomic E-state index is 0.0408. The number of rotatable bonds is 6. The summed E-state index contributed by atoms with van der Waals surface area (Å²) < 4.78 is 7.12. The van der Waals surface area contributed by atoms with E-state index in [1.807, 2.05) is 42.2 Å². The fraction of sp³-hybridized carbons (Fsp3) is 0.393. The summed E-state index contributed by atoms with van der Waals surface area (Å²) in [4.78, 5) is 42.8. The van der Waals surface area contributed by atoms with Crippen molar-refractivity contribution in [2.75, 3.05) is 24.6 Å². The summed E-state index contributed by atoms with van der Waals surface area (Å²) in [7, 11) is 1.63. The molecule has 2 aliphatic rings. The molecule has 1 amide bonds. The molecule has 0 spiro atoms. The van der Waals surface area contributed by atoms with Crippen LogP contribution in [0.3, 0.4) is 0 Å². The molecule has 1 aromatic heterocycles. The summed E-state index contributed by atoms with van der Waals surface area (Å²) >= 11 is 6.76. The standard InChI is InChI=1S/C28H30N4O4S2/c1-5-36-27(35)20-10-12-31(13-11-20)24-21(18(3)22(15-29)25(33)30(24)4)14-23-26(34)32(28(37)38-23)16-19-8-6-17(2)7-9-19/h6-9,14,20H,5,10-13,16H2,1-4H3. The Labute approximate surface area is 231 Å². The van der Waals surface area contributed by atoms with Gasteiger partial charge in [-0.05, 0) is 50.8 Å². The lowest BCUT2D eigenvalue weighted by molar-refractivity contribution is -0.148. The fourth-order valence-corrected chi connectivity index (χ4v) is 6.06. The van der Waals surface area contributed by atoms with E-state index in [4.69, 9.17) is 17.0 Å². The number of thioether (sulfide) groups is 1. The molecule has 38 heavy (non-hydrogen) atoms. The average Bonchev–Trinajstić information content (AvgIpc) is 3.16. The SMILES string of the molecule is CCOC(=O)C1CCN(c2c(C=C3SC(=S)N(Cc4ccc(C)cc4)C3=O)c(C)c(C#N)c(=O)n2C)CC1. The van der Waals surface area contributed by atoms with Gasteiger partial charge in [-0.25, -0.2) is 0 Å². The van der Waals surface area contributed by atoms with Gasteiger partial charge in [0.25, 0.3) is 11.5 Å². The molecule has 0 radical (unpaired) electrons. The first-order valence-corrected chi connectivity index (χ1v) is 13.7. The van der Waals surface area contributed by atoms with Crippen molar-refractivity contribution in [1.82, 2.24) is 9.47 Å². The number of piperidine rings is 1. The number of pyridine rings is 1. The van der Waals surface area contributed by atoms with E-state index >= 15 is 0 Å². The van der Waals surface area contributed by atoms with E-state index in [0.717, 1.165) is 11.1 Å². The lowest BCUT2D eigenvalue weighted by atomic mass is 9.95. The first-order chi connectivity index (χ1) is 18.2. The number of benzene rings is 1. The van der Waals surface area contributed by atoms with Gasteiger partial charge < -0.3 is 9.64 Å². The third-order valence-corrected chi connectivity index (χ3v) is 8.37. The molecule has 3 heterocycles. The van der Waals surface area contributed by atoms with E-state index in [9.17, 15) is 19.6 Å². The molecule has 8 nitrogen and oxygen atoms in total. The minimum Gasteiger partial charge on any atom is -0.466 e. The van der Waals surface area contributed by atoms with E-state index in [1.165, 1.54) is 16.3 Å². The van der Waals surface area contributed by atoms with Gasteiger partial charge in [-0.3, -0.25) is 23.9 Å². The molecule has 1 aromatic carbocycles. The van der Waals surface area contributed by atoms with Crippen LogP contribution in [0.4, 0.5) is 5.82 Å². The van der Waals surface area contributed by atoms with Crippen LogP contribution in [-0.4, -0.2) is 45.4 Å². The highest BCUT2D eigenvalue weighted by molar-refractivity contribution is 8.26. The van der Waals surface area contributed by atoms with E-state index in [2.05, 4.69) is 0 Å². The van der Waals surface area contributed by atoms with Crippen molar-refractivity contribution in [1.29, 1.82) is 5.26 Å². The van der Waals surface area contributed by atoms with Crippen LogP contribution in [0.5, 0.6) is 0 Å². The zero-order valence-electron chi connectivity index (χ0n) is 21.9. The Balaban J connectivity index is 1.69. The third-order valence-electron chi connectivity index (χ3n) is 6.99. The van der Waals surface area contributed by atoms with Crippen LogP contribution in [0.1, 0.15) is 47.6 Å². The van der Waals surface area contributed by atoms with Crippen LogP contribution in [0.25, 0.3) is 6.08 Å². The number of esters is 1. The maximum absolute atomic E-state index is 13.4. The molecule has 2 aromatic rings. The van der Waals surface area contributed by atoms with Crippen molar-refractivity contribution >= 4 is 52.1 Å². The van der Waals surface area contributed by atoms with Gasteiger partial charge in [0.1, 0.15) is 21.8 Å². The van der Waals surface area contributed by atoms with Crippen molar-refractivity contribution in [2.24, 2.45) is 13.0 Å². The minimum atomic E-state index is -0.392. The van der Waals surface area contributed by atoms with Crippen molar-refractivity contribution in [3.8, 4) is 6.07 Å². The second kappa shape index (κ2) is 11.5. The van der Waals surface area contributed by atoms with Gasteiger partial charge in [-0.2, -0.15) is 5.26 Å². The van der Waals surface area contributed by atoms with Gasteiger partial charge in [0.2, 0.25) is 0 Å². The van der Waals surface area contributed by atoms with Gasteiger partial charge in [-0.1, -0.05) is 53.8 Å². The monoisotopic (exact) mass is 550 g/mol. The molecule has 2 fully saturated rings. The number of hydrogen-bond acceptors (Lipinski definition) is 8. The summed E-state index contributed by atoms with van der Waals surface area (Å²) in [5.74, 6) is 0.0237. The highest BCUT2D eigenvalue weighted by atomic mass is 32.2. The van der Waals surface area contributed by atoms with Crippen LogP contribution in [-0.2, 0) is 27.9 Å². The Morgan fingerprint density at radius 3 is 2.47 bits per heavy atom. The first kappa shape index (κ1) is 27.6. The molecule has 0 atom stereocenters. The smallest absolute Gasteiger partial charge is 0.309 e. The lowest BCUT2D eigenvalue weighted by Gasteiger charge is -2.35. The Morgan fingerprint density at radius 2 is 1.87 bits per heavy atom. The Morgan fingerprint density at radius 1 is 1.21 bits per heavy atom. The molecule has 2 aliphatic heterocycles. The molecule has 4 rings (SSSR count). The van der Waals surface area contributed by atoms with Crippen LogP contribution in [0, 0.1) is 31.1 Å². The van der Waals surface area contributed by atoms with Gasteiger partial charge in [0, 0.05) is 25.7 Å². The average molecular weight is 551 g/mol. The third kappa shape index (κ3) is 5.40. The van der Waals surface area contributed by atoms with Crippen LogP contribution >= 0.6 is 24.0 Å². The highest BCUT2D eigenvalue weighted by Gasteiger charge is 2.34. The van der Waals surface area contributed by atoms with Gasteiger partial charge in [-0.15, -0.1) is 0 Å². The van der Waals surface area contributed by atoms with Crippen molar-refractivity contribution in [3.63, 3.8) is 0 Å². The number of carbonyl (C=O) groups excluding carboxylic acids is 2. The number of aromatic nitrogens is 1. The predicted octanol–water partition coefficient (Wildman–Crippen LogP) is 4.05. The van der Waals surface area contributed by atoms with Crippen molar-refractivity contribution in [3.05, 3.63) is 67.3 Å². The predicted molar refractivity (Wildman–Crippen MR) is 153 cm³/mol. The highest BCUT2D eigenvalue weighted by Crippen LogP contribution is 2.37. The number of amides is 1. The number of thiocarbonyl (C=S) groups is 1. The maximum Gasteiger partial charge on any atom is 0.309 e. The summed E-state index contributed by atoms with van der Waals surface area (Å²) in [5, 5.41) is 9.73. The number of nitriles is 1. The summed E-state index contributed by atoms with van der Waals surface area (Å²) in [6.07, 6.45) is 2.92. The van der Waals surface area contributed by atoms with Crippen molar-refractivity contribution in [2.45, 2.75) is 40.2 Å². The number of ether oxygens (including phenoxy) is 1. The van der Waals surface area contributed by atoms with E-state index in [-0.39, 0.29) is 23.4 Å².